The summed E-state index contributed by atoms with van der Waals surface area (Å²) in [5.41, 5.74) is 0. The van der Waals surface area contributed by atoms with Gasteiger partial charge in [-0.2, -0.15) is 0 Å². The molecule has 0 fully saturated rings. The van der Waals surface area contributed by atoms with Crippen molar-refractivity contribution in [3.63, 3.8) is 0 Å². The Kier molecular flexibility index (Phi) is 5.88. The van der Waals surface area contributed by atoms with Gasteiger partial charge in [-0.3, -0.25) is 4.79 Å². The van der Waals surface area contributed by atoms with Gasteiger partial charge in [0, 0.05) is 6.04 Å². The molecule has 5 nitrogen and oxygen atoms in total. The van der Waals surface area contributed by atoms with Crippen molar-refractivity contribution >= 4 is 5.91 Å². The third-order valence-electron chi connectivity index (χ3n) is 2.88. The fraction of sp³-hybridized carbons (Fsp3) is 0.615. The lowest BCUT2D eigenvalue weighted by Crippen LogP contribution is -2.49. The van der Waals surface area contributed by atoms with Crippen molar-refractivity contribution in [2.45, 2.75) is 39.4 Å². The summed E-state index contributed by atoms with van der Waals surface area (Å²) in [6.07, 6.45) is 1.57. The highest BCUT2D eigenvalue weighted by molar-refractivity contribution is 5.81. The van der Waals surface area contributed by atoms with Crippen molar-refractivity contribution in [2.75, 3.05) is 6.61 Å². The van der Waals surface area contributed by atoms with Gasteiger partial charge < -0.3 is 20.2 Å². The van der Waals surface area contributed by atoms with E-state index in [1.807, 2.05) is 19.9 Å². The molecule has 1 unspecified atom stereocenters. The first-order valence-electron chi connectivity index (χ1n) is 6.21. The van der Waals surface area contributed by atoms with Crippen LogP contribution in [-0.2, 0) is 11.3 Å². The minimum absolute atomic E-state index is 0.0213. The van der Waals surface area contributed by atoms with Gasteiger partial charge in [-0.05, 0) is 25.0 Å². The molecule has 5 heteroatoms. The quantitative estimate of drug-likeness (QED) is 0.675. The molecule has 0 aliphatic carbocycles. The summed E-state index contributed by atoms with van der Waals surface area (Å²) >= 11 is 0. The molecule has 1 heterocycles. The lowest BCUT2D eigenvalue weighted by molar-refractivity contribution is -0.123. The minimum atomic E-state index is -0.348. The molecular weight excluding hydrogens is 232 g/mol. The minimum Gasteiger partial charge on any atom is -0.467 e. The highest BCUT2D eigenvalue weighted by Crippen LogP contribution is 2.03. The Hall–Kier alpha value is -1.33. The normalized spacial score (nSPS) is 14.5. The Balaban J connectivity index is 2.36. The summed E-state index contributed by atoms with van der Waals surface area (Å²) in [7, 11) is 0. The number of carbonyl (C=O) groups is 1. The number of nitrogens with one attached hydrogen (secondary N) is 2. The molecule has 0 radical (unpaired) electrons. The van der Waals surface area contributed by atoms with E-state index in [0.29, 0.717) is 6.54 Å². The molecule has 1 aromatic heterocycles. The zero-order valence-corrected chi connectivity index (χ0v) is 11.1. The standard InChI is InChI=1S/C13H22N2O3/c1-9(2)12(8-16)15-10(3)13(17)14-7-11-5-4-6-18-11/h4-6,9-10,12,15-16H,7-8H2,1-3H3,(H,14,17)/t10?,12-/m1/s1. The van der Waals surface area contributed by atoms with Crippen LogP contribution >= 0.6 is 0 Å². The van der Waals surface area contributed by atoms with Crippen molar-refractivity contribution in [2.24, 2.45) is 5.92 Å². The van der Waals surface area contributed by atoms with Crippen molar-refractivity contribution in [1.82, 2.24) is 10.6 Å². The monoisotopic (exact) mass is 254 g/mol. The first-order valence-corrected chi connectivity index (χ1v) is 6.21. The largest absolute Gasteiger partial charge is 0.467 e. The molecular formula is C13H22N2O3. The SMILES string of the molecule is CC(N[C@H](CO)C(C)C)C(=O)NCc1ccco1. The number of hydrogen-bond acceptors (Lipinski definition) is 4. The number of furan rings is 1. The van der Waals surface area contributed by atoms with Gasteiger partial charge in [0.15, 0.2) is 0 Å². The lowest BCUT2D eigenvalue weighted by atomic mass is 10.0. The van der Waals surface area contributed by atoms with E-state index < -0.39 is 0 Å². The van der Waals surface area contributed by atoms with Gasteiger partial charge in [0.25, 0.3) is 0 Å². The van der Waals surface area contributed by atoms with E-state index in [4.69, 9.17) is 4.42 Å². The van der Waals surface area contributed by atoms with Crippen molar-refractivity contribution in [3.8, 4) is 0 Å². The Morgan fingerprint density at radius 2 is 2.17 bits per heavy atom. The third kappa shape index (κ3) is 4.50. The number of carbonyl (C=O) groups excluding carboxylic acids is 1. The number of rotatable bonds is 7. The summed E-state index contributed by atoms with van der Waals surface area (Å²) in [6.45, 7) is 6.18. The van der Waals surface area contributed by atoms with Crippen LogP contribution in [0, 0.1) is 5.92 Å². The number of hydrogen-bond donors (Lipinski definition) is 3. The number of amides is 1. The summed E-state index contributed by atoms with van der Waals surface area (Å²) < 4.78 is 5.13. The van der Waals surface area contributed by atoms with Gasteiger partial charge in [0.2, 0.25) is 5.91 Å². The van der Waals surface area contributed by atoms with E-state index in [2.05, 4.69) is 10.6 Å². The highest BCUT2D eigenvalue weighted by Gasteiger charge is 2.19. The Morgan fingerprint density at radius 1 is 1.44 bits per heavy atom. The number of aliphatic hydroxyl groups excluding tert-OH is 1. The van der Waals surface area contributed by atoms with E-state index in [-0.39, 0.29) is 30.5 Å². The molecule has 3 N–H and O–H groups in total. The van der Waals surface area contributed by atoms with E-state index in [9.17, 15) is 9.90 Å². The van der Waals surface area contributed by atoms with Crippen LogP contribution < -0.4 is 10.6 Å². The van der Waals surface area contributed by atoms with Gasteiger partial charge in [-0.25, -0.2) is 0 Å². The van der Waals surface area contributed by atoms with E-state index in [1.165, 1.54) is 0 Å². The van der Waals surface area contributed by atoms with Crippen LogP contribution in [0.4, 0.5) is 0 Å². The molecule has 18 heavy (non-hydrogen) atoms. The second kappa shape index (κ2) is 7.18. The fourth-order valence-electron chi connectivity index (χ4n) is 1.59. The molecule has 102 valence electrons. The van der Waals surface area contributed by atoms with Crippen molar-refractivity contribution in [1.29, 1.82) is 0 Å². The van der Waals surface area contributed by atoms with Gasteiger partial charge in [-0.15, -0.1) is 0 Å². The van der Waals surface area contributed by atoms with Crippen LogP contribution in [0.5, 0.6) is 0 Å². The highest BCUT2D eigenvalue weighted by atomic mass is 16.3. The molecule has 0 spiro atoms. The summed E-state index contributed by atoms with van der Waals surface area (Å²) in [5.74, 6) is 0.888. The van der Waals surface area contributed by atoms with Gasteiger partial charge in [-0.1, -0.05) is 13.8 Å². The molecule has 1 amide bonds. The maximum atomic E-state index is 11.8. The van der Waals surface area contributed by atoms with Crippen molar-refractivity contribution < 1.29 is 14.3 Å². The number of aliphatic hydroxyl groups is 1. The average Bonchev–Trinajstić information content (AvgIpc) is 2.85. The summed E-state index contributed by atoms with van der Waals surface area (Å²) in [6, 6.07) is 3.17. The average molecular weight is 254 g/mol. The molecule has 0 aromatic carbocycles. The predicted molar refractivity (Wildman–Crippen MR) is 68.9 cm³/mol. The van der Waals surface area contributed by atoms with Crippen LogP contribution in [0.25, 0.3) is 0 Å². The van der Waals surface area contributed by atoms with Crippen LogP contribution in [0.3, 0.4) is 0 Å². The summed E-state index contributed by atoms with van der Waals surface area (Å²) in [5, 5.41) is 15.1. The Morgan fingerprint density at radius 3 is 2.67 bits per heavy atom. The van der Waals surface area contributed by atoms with Crippen LogP contribution in [-0.4, -0.2) is 29.7 Å². The molecule has 0 aliphatic heterocycles. The molecule has 0 saturated heterocycles. The zero-order chi connectivity index (χ0) is 13.5. The maximum Gasteiger partial charge on any atom is 0.237 e. The van der Waals surface area contributed by atoms with Crippen LogP contribution in [0.1, 0.15) is 26.5 Å². The molecule has 1 rings (SSSR count). The Labute approximate surface area is 108 Å². The fourth-order valence-corrected chi connectivity index (χ4v) is 1.59. The van der Waals surface area contributed by atoms with E-state index in [0.717, 1.165) is 5.76 Å². The Bertz CT molecular complexity index is 349. The molecule has 2 atom stereocenters. The van der Waals surface area contributed by atoms with Gasteiger partial charge in [0.1, 0.15) is 5.76 Å². The third-order valence-corrected chi connectivity index (χ3v) is 2.88. The molecule has 0 saturated carbocycles. The van der Waals surface area contributed by atoms with E-state index in [1.54, 1.807) is 19.3 Å². The summed E-state index contributed by atoms with van der Waals surface area (Å²) in [4.78, 5) is 11.8. The van der Waals surface area contributed by atoms with Crippen LogP contribution in [0.15, 0.2) is 22.8 Å². The maximum absolute atomic E-state index is 11.8. The van der Waals surface area contributed by atoms with Crippen LogP contribution in [0.2, 0.25) is 0 Å². The zero-order valence-electron chi connectivity index (χ0n) is 11.1. The molecule has 0 aliphatic rings. The first kappa shape index (κ1) is 14.7. The van der Waals surface area contributed by atoms with E-state index >= 15 is 0 Å². The second-order valence-corrected chi connectivity index (χ2v) is 4.72. The second-order valence-electron chi connectivity index (χ2n) is 4.72. The lowest BCUT2D eigenvalue weighted by Gasteiger charge is -2.24. The molecule has 1 aromatic rings. The van der Waals surface area contributed by atoms with Crippen molar-refractivity contribution in [3.05, 3.63) is 24.2 Å². The first-order chi connectivity index (χ1) is 8.54. The van der Waals surface area contributed by atoms with Gasteiger partial charge in [0.05, 0.1) is 25.5 Å². The predicted octanol–water partition coefficient (Wildman–Crippen LogP) is 0.891. The molecule has 0 bridgehead atoms. The smallest absolute Gasteiger partial charge is 0.237 e. The topological polar surface area (TPSA) is 74.5 Å². The van der Waals surface area contributed by atoms with Gasteiger partial charge >= 0.3 is 0 Å².